The predicted octanol–water partition coefficient (Wildman–Crippen LogP) is 3.59. The molecule has 1 fully saturated rings. The molecule has 0 aliphatic heterocycles. The van der Waals surface area contributed by atoms with Gasteiger partial charge in [0.15, 0.2) is 0 Å². The van der Waals surface area contributed by atoms with Gasteiger partial charge >= 0.3 is 0 Å². The molecular formula is C12H23F2N. The zero-order valence-electron chi connectivity index (χ0n) is 9.86. The molecule has 0 amide bonds. The highest BCUT2D eigenvalue weighted by Gasteiger charge is 2.40. The Kier molecular flexibility index (Phi) is 4.97. The second-order valence-electron chi connectivity index (χ2n) is 4.92. The van der Waals surface area contributed by atoms with Crippen LogP contribution in [0.15, 0.2) is 0 Å². The lowest BCUT2D eigenvalue weighted by molar-refractivity contribution is 0.0195. The summed E-state index contributed by atoms with van der Waals surface area (Å²) < 4.78 is 26.3. The quantitative estimate of drug-likeness (QED) is 0.712. The van der Waals surface area contributed by atoms with Crippen LogP contribution in [0, 0.1) is 5.92 Å². The zero-order valence-corrected chi connectivity index (χ0v) is 9.86. The van der Waals surface area contributed by atoms with Crippen LogP contribution in [-0.2, 0) is 0 Å². The molecule has 1 N–H and O–H groups in total. The fourth-order valence-electron chi connectivity index (χ4n) is 2.39. The maximum absolute atomic E-state index is 13.1. The lowest BCUT2D eigenvalue weighted by Gasteiger charge is -2.33. The molecule has 3 heteroatoms. The Balaban J connectivity index is 2.62. The van der Waals surface area contributed by atoms with Crippen LogP contribution in [0.4, 0.5) is 8.78 Å². The van der Waals surface area contributed by atoms with Crippen LogP contribution < -0.4 is 5.32 Å². The third-order valence-electron chi connectivity index (χ3n) is 3.55. The highest BCUT2D eigenvalue weighted by atomic mass is 19.3. The van der Waals surface area contributed by atoms with Crippen LogP contribution in [0.1, 0.15) is 52.4 Å². The SMILES string of the molecule is CCCNC1(C(F)F)CCCC(C)CC1. The van der Waals surface area contributed by atoms with Gasteiger partial charge in [0.1, 0.15) is 0 Å². The lowest BCUT2D eigenvalue weighted by atomic mass is 9.90. The Morgan fingerprint density at radius 2 is 2.07 bits per heavy atom. The lowest BCUT2D eigenvalue weighted by Crippen LogP contribution is -2.51. The van der Waals surface area contributed by atoms with E-state index in [2.05, 4.69) is 12.2 Å². The molecule has 0 aromatic carbocycles. The molecule has 1 nitrogen and oxygen atoms in total. The highest BCUT2D eigenvalue weighted by Crippen LogP contribution is 2.34. The standard InChI is InChI=1S/C12H23F2N/c1-3-9-15-12(11(13)14)7-4-5-10(2)6-8-12/h10-11,15H,3-9H2,1-2H3. The third kappa shape index (κ3) is 3.40. The van der Waals surface area contributed by atoms with Crippen LogP contribution in [0.25, 0.3) is 0 Å². The fourth-order valence-corrected chi connectivity index (χ4v) is 2.39. The number of rotatable bonds is 4. The normalized spacial score (nSPS) is 33.0. The van der Waals surface area contributed by atoms with Crippen molar-refractivity contribution >= 4 is 0 Å². The molecule has 1 aliphatic rings. The van der Waals surface area contributed by atoms with Crippen molar-refractivity contribution in [3.05, 3.63) is 0 Å². The maximum atomic E-state index is 13.1. The molecule has 0 radical (unpaired) electrons. The van der Waals surface area contributed by atoms with E-state index in [-0.39, 0.29) is 0 Å². The number of nitrogens with one attached hydrogen (secondary N) is 1. The van der Waals surface area contributed by atoms with E-state index < -0.39 is 12.0 Å². The van der Waals surface area contributed by atoms with Crippen molar-refractivity contribution in [1.82, 2.24) is 5.32 Å². The first kappa shape index (κ1) is 12.9. The minimum atomic E-state index is -2.23. The van der Waals surface area contributed by atoms with Crippen molar-refractivity contribution < 1.29 is 8.78 Å². The van der Waals surface area contributed by atoms with E-state index in [9.17, 15) is 8.78 Å². The minimum absolute atomic E-state index is 0.606. The molecule has 0 spiro atoms. The largest absolute Gasteiger partial charge is 0.306 e. The molecule has 1 rings (SSSR count). The van der Waals surface area contributed by atoms with Crippen molar-refractivity contribution in [3.63, 3.8) is 0 Å². The van der Waals surface area contributed by atoms with Crippen LogP contribution in [-0.4, -0.2) is 18.5 Å². The zero-order chi connectivity index (χ0) is 11.3. The van der Waals surface area contributed by atoms with E-state index in [0.29, 0.717) is 25.3 Å². The van der Waals surface area contributed by atoms with E-state index >= 15 is 0 Å². The second kappa shape index (κ2) is 5.78. The summed E-state index contributed by atoms with van der Waals surface area (Å²) in [5, 5.41) is 3.09. The Morgan fingerprint density at radius 1 is 1.33 bits per heavy atom. The van der Waals surface area contributed by atoms with Gasteiger partial charge in [-0.3, -0.25) is 0 Å². The molecule has 0 heterocycles. The van der Waals surface area contributed by atoms with Crippen molar-refractivity contribution in [2.24, 2.45) is 5.92 Å². The summed E-state index contributed by atoms with van der Waals surface area (Å²) in [6.45, 7) is 4.89. The van der Waals surface area contributed by atoms with E-state index in [1.165, 1.54) is 0 Å². The number of alkyl halides is 2. The smallest absolute Gasteiger partial charge is 0.256 e. The van der Waals surface area contributed by atoms with Gasteiger partial charge in [0.2, 0.25) is 0 Å². The fraction of sp³-hybridized carbons (Fsp3) is 1.00. The van der Waals surface area contributed by atoms with E-state index in [4.69, 9.17) is 0 Å². The topological polar surface area (TPSA) is 12.0 Å². The molecule has 90 valence electrons. The summed E-state index contributed by atoms with van der Waals surface area (Å²) in [4.78, 5) is 0. The molecule has 0 aromatic rings. The van der Waals surface area contributed by atoms with Crippen LogP contribution in [0.2, 0.25) is 0 Å². The Morgan fingerprint density at radius 3 is 2.67 bits per heavy atom. The van der Waals surface area contributed by atoms with Gasteiger partial charge in [-0.2, -0.15) is 0 Å². The van der Waals surface area contributed by atoms with Gasteiger partial charge in [0.25, 0.3) is 6.43 Å². The van der Waals surface area contributed by atoms with Crippen molar-refractivity contribution in [3.8, 4) is 0 Å². The first-order chi connectivity index (χ1) is 7.10. The van der Waals surface area contributed by atoms with Gasteiger partial charge in [0.05, 0.1) is 5.54 Å². The molecule has 0 saturated heterocycles. The molecule has 0 aromatic heterocycles. The molecule has 0 bridgehead atoms. The van der Waals surface area contributed by atoms with E-state index in [1.807, 2.05) is 6.92 Å². The van der Waals surface area contributed by atoms with Gasteiger partial charge in [-0.25, -0.2) is 8.78 Å². The Labute approximate surface area is 91.6 Å². The first-order valence-corrected chi connectivity index (χ1v) is 6.14. The summed E-state index contributed by atoms with van der Waals surface area (Å²) in [6.07, 6.45) is 2.92. The summed E-state index contributed by atoms with van der Waals surface area (Å²) in [5.74, 6) is 0.606. The first-order valence-electron chi connectivity index (χ1n) is 6.14. The number of hydrogen-bond acceptors (Lipinski definition) is 1. The summed E-state index contributed by atoms with van der Waals surface area (Å²) in [7, 11) is 0. The number of halogens is 2. The van der Waals surface area contributed by atoms with Crippen molar-refractivity contribution in [2.75, 3.05) is 6.54 Å². The Bertz CT molecular complexity index is 180. The van der Waals surface area contributed by atoms with Crippen molar-refractivity contribution in [1.29, 1.82) is 0 Å². The highest BCUT2D eigenvalue weighted by molar-refractivity contribution is 4.92. The van der Waals surface area contributed by atoms with Crippen molar-refractivity contribution in [2.45, 2.75) is 64.3 Å². The molecule has 1 aliphatic carbocycles. The average molecular weight is 219 g/mol. The molecule has 2 unspecified atom stereocenters. The van der Waals surface area contributed by atoms with Gasteiger partial charge in [0, 0.05) is 0 Å². The maximum Gasteiger partial charge on any atom is 0.256 e. The molecular weight excluding hydrogens is 196 g/mol. The Hall–Kier alpha value is -0.180. The molecule has 2 atom stereocenters. The average Bonchev–Trinajstić information content (AvgIpc) is 2.39. The van der Waals surface area contributed by atoms with Gasteiger partial charge in [-0.1, -0.05) is 26.7 Å². The van der Waals surface area contributed by atoms with Crippen LogP contribution in [0.5, 0.6) is 0 Å². The summed E-state index contributed by atoms with van der Waals surface area (Å²) >= 11 is 0. The van der Waals surface area contributed by atoms with Crippen LogP contribution in [0.3, 0.4) is 0 Å². The molecule has 1 saturated carbocycles. The summed E-state index contributed by atoms with van der Waals surface area (Å²) in [6, 6.07) is 0. The second-order valence-corrected chi connectivity index (χ2v) is 4.92. The van der Waals surface area contributed by atoms with E-state index in [1.54, 1.807) is 0 Å². The summed E-state index contributed by atoms with van der Waals surface area (Å²) in [5.41, 5.74) is -0.888. The van der Waals surface area contributed by atoms with Gasteiger partial charge < -0.3 is 5.32 Å². The monoisotopic (exact) mass is 219 g/mol. The third-order valence-corrected chi connectivity index (χ3v) is 3.55. The predicted molar refractivity (Wildman–Crippen MR) is 59.3 cm³/mol. The van der Waals surface area contributed by atoms with E-state index in [0.717, 1.165) is 25.7 Å². The van der Waals surface area contributed by atoms with Gasteiger partial charge in [-0.15, -0.1) is 0 Å². The minimum Gasteiger partial charge on any atom is -0.306 e. The molecule has 15 heavy (non-hydrogen) atoms. The number of hydrogen-bond donors (Lipinski definition) is 1. The van der Waals surface area contributed by atoms with Crippen LogP contribution >= 0.6 is 0 Å². The van der Waals surface area contributed by atoms with Gasteiger partial charge in [-0.05, 0) is 38.1 Å².